The SMILES string of the molecule is CCc1ccsc1C(=O)N[C@@H](CC(C)C)C(=O)O. The third kappa shape index (κ3) is 3.84. The predicted molar refractivity (Wildman–Crippen MR) is 72.0 cm³/mol. The van der Waals surface area contributed by atoms with Crippen LogP contribution in [0, 0.1) is 5.92 Å². The van der Waals surface area contributed by atoms with E-state index in [9.17, 15) is 9.59 Å². The Hall–Kier alpha value is -1.36. The molecule has 0 unspecified atom stereocenters. The van der Waals surface area contributed by atoms with Gasteiger partial charge in [0.05, 0.1) is 4.88 Å². The van der Waals surface area contributed by atoms with E-state index >= 15 is 0 Å². The van der Waals surface area contributed by atoms with E-state index in [2.05, 4.69) is 5.32 Å². The molecule has 0 spiro atoms. The lowest BCUT2D eigenvalue weighted by atomic mass is 10.0. The highest BCUT2D eigenvalue weighted by atomic mass is 32.1. The first-order chi connectivity index (χ1) is 8.45. The van der Waals surface area contributed by atoms with Gasteiger partial charge in [-0.15, -0.1) is 11.3 Å². The summed E-state index contributed by atoms with van der Waals surface area (Å²) in [4.78, 5) is 23.7. The summed E-state index contributed by atoms with van der Waals surface area (Å²) >= 11 is 1.35. The highest BCUT2D eigenvalue weighted by Crippen LogP contribution is 2.17. The summed E-state index contributed by atoms with van der Waals surface area (Å²) < 4.78 is 0. The average Bonchev–Trinajstić information content (AvgIpc) is 2.75. The van der Waals surface area contributed by atoms with Crippen molar-refractivity contribution in [3.05, 3.63) is 21.9 Å². The lowest BCUT2D eigenvalue weighted by Gasteiger charge is -2.16. The molecule has 18 heavy (non-hydrogen) atoms. The number of carboxylic acids is 1. The Labute approximate surface area is 111 Å². The smallest absolute Gasteiger partial charge is 0.326 e. The molecule has 1 rings (SSSR count). The highest BCUT2D eigenvalue weighted by molar-refractivity contribution is 7.12. The molecule has 1 amide bonds. The Balaban J connectivity index is 2.75. The number of nitrogens with one attached hydrogen (secondary N) is 1. The fraction of sp³-hybridized carbons (Fsp3) is 0.538. The second kappa shape index (κ2) is 6.54. The molecule has 0 aliphatic heterocycles. The van der Waals surface area contributed by atoms with Crippen molar-refractivity contribution in [2.24, 2.45) is 5.92 Å². The van der Waals surface area contributed by atoms with E-state index in [0.29, 0.717) is 11.3 Å². The molecule has 5 heteroatoms. The fourth-order valence-corrected chi connectivity index (χ4v) is 2.63. The Morgan fingerprint density at radius 1 is 1.44 bits per heavy atom. The number of hydrogen-bond acceptors (Lipinski definition) is 3. The minimum absolute atomic E-state index is 0.223. The van der Waals surface area contributed by atoms with E-state index in [1.54, 1.807) is 0 Å². The van der Waals surface area contributed by atoms with E-state index < -0.39 is 12.0 Å². The number of carboxylic acid groups (broad SMARTS) is 1. The molecular formula is C13H19NO3S. The summed E-state index contributed by atoms with van der Waals surface area (Å²) in [6.45, 7) is 5.84. The predicted octanol–water partition coefficient (Wildman–Crippen LogP) is 2.54. The van der Waals surface area contributed by atoms with Gasteiger partial charge in [-0.05, 0) is 35.8 Å². The molecule has 0 aromatic carbocycles. The Morgan fingerprint density at radius 3 is 2.61 bits per heavy atom. The maximum atomic E-state index is 12.0. The van der Waals surface area contributed by atoms with Crippen molar-refractivity contribution >= 4 is 23.2 Å². The molecular weight excluding hydrogens is 250 g/mol. The van der Waals surface area contributed by atoms with Crippen LogP contribution in [0.5, 0.6) is 0 Å². The first-order valence-corrected chi connectivity index (χ1v) is 6.93. The van der Waals surface area contributed by atoms with Crippen LogP contribution in [0.3, 0.4) is 0 Å². The summed E-state index contributed by atoms with van der Waals surface area (Å²) in [5, 5.41) is 13.5. The Morgan fingerprint density at radius 2 is 2.11 bits per heavy atom. The number of carbonyl (C=O) groups excluding carboxylic acids is 1. The molecule has 1 atom stereocenters. The molecule has 1 aromatic rings. The third-order valence-electron chi connectivity index (χ3n) is 2.64. The van der Waals surface area contributed by atoms with Crippen molar-refractivity contribution in [3.8, 4) is 0 Å². The molecule has 0 radical (unpaired) electrons. The lowest BCUT2D eigenvalue weighted by Crippen LogP contribution is -2.41. The van der Waals surface area contributed by atoms with E-state index in [4.69, 9.17) is 5.11 Å². The van der Waals surface area contributed by atoms with Crippen LogP contribution in [0.4, 0.5) is 0 Å². The van der Waals surface area contributed by atoms with Gasteiger partial charge in [0.2, 0.25) is 0 Å². The summed E-state index contributed by atoms with van der Waals surface area (Å²) in [6.07, 6.45) is 1.21. The normalized spacial score (nSPS) is 12.4. The molecule has 0 fully saturated rings. The third-order valence-corrected chi connectivity index (χ3v) is 3.60. The zero-order valence-electron chi connectivity index (χ0n) is 10.9. The number of aliphatic carboxylic acids is 1. The zero-order valence-corrected chi connectivity index (χ0v) is 11.7. The number of amides is 1. The summed E-state index contributed by atoms with van der Waals surface area (Å²) in [5.74, 6) is -1.04. The van der Waals surface area contributed by atoms with Crippen molar-refractivity contribution in [3.63, 3.8) is 0 Å². The topological polar surface area (TPSA) is 66.4 Å². The number of hydrogen-bond donors (Lipinski definition) is 2. The van der Waals surface area contributed by atoms with Gasteiger partial charge in [-0.25, -0.2) is 4.79 Å². The van der Waals surface area contributed by atoms with Crippen LogP contribution in [0.1, 0.15) is 42.4 Å². The van der Waals surface area contributed by atoms with Gasteiger partial charge in [-0.2, -0.15) is 0 Å². The minimum Gasteiger partial charge on any atom is -0.480 e. The van der Waals surface area contributed by atoms with Gasteiger partial charge in [0.15, 0.2) is 0 Å². The van der Waals surface area contributed by atoms with Crippen LogP contribution in [0.25, 0.3) is 0 Å². The Kier molecular flexibility index (Phi) is 5.34. The molecule has 1 heterocycles. The molecule has 0 aliphatic carbocycles. The average molecular weight is 269 g/mol. The summed E-state index contributed by atoms with van der Waals surface area (Å²) in [6, 6.07) is 1.09. The van der Waals surface area contributed by atoms with Gasteiger partial charge < -0.3 is 10.4 Å². The second-order valence-electron chi connectivity index (χ2n) is 4.62. The molecule has 100 valence electrons. The van der Waals surface area contributed by atoms with Crippen LogP contribution < -0.4 is 5.32 Å². The highest BCUT2D eigenvalue weighted by Gasteiger charge is 2.23. The zero-order chi connectivity index (χ0) is 13.7. The van der Waals surface area contributed by atoms with Crippen LogP contribution in [-0.4, -0.2) is 23.0 Å². The van der Waals surface area contributed by atoms with Crippen molar-refractivity contribution < 1.29 is 14.7 Å². The van der Waals surface area contributed by atoms with E-state index in [1.165, 1.54) is 11.3 Å². The number of thiophene rings is 1. The molecule has 2 N–H and O–H groups in total. The van der Waals surface area contributed by atoms with Gasteiger partial charge in [-0.1, -0.05) is 20.8 Å². The van der Waals surface area contributed by atoms with Crippen LogP contribution >= 0.6 is 11.3 Å². The monoisotopic (exact) mass is 269 g/mol. The van der Waals surface area contributed by atoms with E-state index in [-0.39, 0.29) is 11.8 Å². The molecule has 0 bridgehead atoms. The van der Waals surface area contributed by atoms with E-state index in [0.717, 1.165) is 12.0 Å². The first-order valence-electron chi connectivity index (χ1n) is 6.05. The van der Waals surface area contributed by atoms with Crippen LogP contribution in [-0.2, 0) is 11.2 Å². The van der Waals surface area contributed by atoms with Gasteiger partial charge in [0, 0.05) is 0 Å². The summed E-state index contributed by atoms with van der Waals surface area (Å²) in [5.41, 5.74) is 0.964. The largest absolute Gasteiger partial charge is 0.480 e. The van der Waals surface area contributed by atoms with Crippen LogP contribution in [0.15, 0.2) is 11.4 Å². The maximum absolute atomic E-state index is 12.0. The van der Waals surface area contributed by atoms with Crippen molar-refractivity contribution in [2.75, 3.05) is 0 Å². The number of aryl methyl sites for hydroxylation is 1. The molecule has 0 aliphatic rings. The first kappa shape index (κ1) is 14.7. The van der Waals surface area contributed by atoms with Crippen molar-refractivity contribution in [1.29, 1.82) is 0 Å². The van der Waals surface area contributed by atoms with Crippen molar-refractivity contribution in [2.45, 2.75) is 39.7 Å². The lowest BCUT2D eigenvalue weighted by molar-refractivity contribution is -0.139. The van der Waals surface area contributed by atoms with Gasteiger partial charge >= 0.3 is 5.97 Å². The number of carbonyl (C=O) groups is 2. The van der Waals surface area contributed by atoms with Gasteiger partial charge in [0.25, 0.3) is 5.91 Å². The maximum Gasteiger partial charge on any atom is 0.326 e. The number of rotatable bonds is 6. The second-order valence-corrected chi connectivity index (χ2v) is 5.54. The Bertz CT molecular complexity index is 426. The van der Waals surface area contributed by atoms with Gasteiger partial charge in [0.1, 0.15) is 6.04 Å². The molecule has 1 aromatic heterocycles. The minimum atomic E-state index is -0.980. The quantitative estimate of drug-likeness (QED) is 0.834. The standard InChI is InChI=1S/C13H19NO3S/c1-4-9-5-6-18-11(9)12(15)14-10(13(16)17)7-8(2)3/h5-6,8,10H,4,7H2,1-3H3,(H,14,15)(H,16,17)/t10-/m0/s1. The molecule has 0 saturated heterocycles. The fourth-order valence-electron chi connectivity index (χ4n) is 1.73. The molecule has 0 saturated carbocycles. The van der Waals surface area contributed by atoms with Crippen molar-refractivity contribution in [1.82, 2.24) is 5.32 Å². The van der Waals surface area contributed by atoms with Crippen LogP contribution in [0.2, 0.25) is 0 Å². The summed E-state index contributed by atoms with van der Waals surface area (Å²) in [7, 11) is 0. The van der Waals surface area contributed by atoms with E-state index in [1.807, 2.05) is 32.2 Å². The molecule has 4 nitrogen and oxygen atoms in total. The van der Waals surface area contributed by atoms with Gasteiger partial charge in [-0.3, -0.25) is 4.79 Å².